The van der Waals surface area contributed by atoms with E-state index in [0.29, 0.717) is 12.8 Å². The minimum absolute atomic E-state index is 0.149. The van der Waals surface area contributed by atoms with Crippen LogP contribution >= 0.6 is 0 Å². The maximum Gasteiger partial charge on any atom is 0.475 e. The van der Waals surface area contributed by atoms with Gasteiger partial charge in [-0.3, -0.25) is 9.69 Å². The highest BCUT2D eigenvalue weighted by Crippen LogP contribution is 2.25. The van der Waals surface area contributed by atoms with Crippen molar-refractivity contribution in [2.75, 3.05) is 26.7 Å². The van der Waals surface area contributed by atoms with Crippen LogP contribution in [0.4, 0.5) is 18.0 Å². The Balaban J connectivity index is 2.06. The molecule has 0 radical (unpaired) electrons. The summed E-state index contributed by atoms with van der Waals surface area (Å²) in [5.74, 6) is -1.68. The molecule has 1 aliphatic rings. The third kappa shape index (κ3) is 9.66. The number of halogens is 3. The van der Waals surface area contributed by atoms with Crippen LogP contribution in [-0.4, -0.2) is 89.4 Å². The molecule has 1 aromatic rings. The Labute approximate surface area is 221 Å². The van der Waals surface area contributed by atoms with Crippen molar-refractivity contribution in [3.63, 3.8) is 0 Å². The quantitative estimate of drug-likeness (QED) is 0.237. The van der Waals surface area contributed by atoms with E-state index in [4.69, 9.17) is 4.74 Å². The molecule has 2 amide bonds. The number of alkyl halides is 3. The number of nitriles is 1. The number of nitrogens with zero attached hydrogens (tertiary/aromatic N) is 3. The standard InChI is InChI=1S/C25H34BF3N4O5/c1-24(2,32(3)17-25(27,28)29)14-19(15-30)22(34)33-12-8-7-11-20(33)16-38-23(35)31-21(26(36)37)13-18-9-5-4-6-10-18/h4-6,9-10,14,20-21,36-37H,7-8,11-13,16-17H2,1-3H3,(H,31,35)/t20-,21+/m1/s1. The number of benzene rings is 1. The Bertz CT molecular complexity index is 1010. The number of amides is 2. The van der Waals surface area contributed by atoms with Gasteiger partial charge in [-0.05, 0) is 58.2 Å². The third-order valence-corrected chi connectivity index (χ3v) is 6.51. The second-order valence-electron chi connectivity index (χ2n) is 9.90. The average molecular weight is 538 g/mol. The summed E-state index contributed by atoms with van der Waals surface area (Å²) in [6.07, 6.45) is -2.09. The highest BCUT2D eigenvalue weighted by molar-refractivity contribution is 6.43. The van der Waals surface area contributed by atoms with Crippen LogP contribution in [0.1, 0.15) is 38.7 Å². The van der Waals surface area contributed by atoms with Gasteiger partial charge in [0.15, 0.2) is 0 Å². The number of likely N-dealkylation sites (N-methyl/N-ethyl adjacent to an activating group) is 1. The van der Waals surface area contributed by atoms with Gasteiger partial charge in [-0.25, -0.2) is 4.79 Å². The first kappa shape index (κ1) is 31.1. The topological polar surface area (TPSA) is 126 Å². The van der Waals surface area contributed by atoms with Crippen LogP contribution in [-0.2, 0) is 16.0 Å². The predicted octanol–water partition coefficient (Wildman–Crippen LogP) is 2.44. The van der Waals surface area contributed by atoms with Gasteiger partial charge in [-0.15, -0.1) is 0 Å². The van der Waals surface area contributed by atoms with Crippen molar-refractivity contribution < 1.29 is 37.5 Å². The van der Waals surface area contributed by atoms with Gasteiger partial charge in [0.1, 0.15) is 18.2 Å². The number of alkyl carbamates (subject to hydrolysis) is 1. The molecule has 1 fully saturated rings. The molecule has 0 unspecified atom stereocenters. The number of ether oxygens (including phenoxy) is 1. The van der Waals surface area contributed by atoms with E-state index in [2.05, 4.69) is 5.32 Å². The number of carbonyl (C=O) groups excluding carboxylic acids is 2. The summed E-state index contributed by atoms with van der Waals surface area (Å²) in [5, 5.41) is 31.4. The first-order valence-corrected chi connectivity index (χ1v) is 12.3. The van der Waals surface area contributed by atoms with Gasteiger partial charge in [0, 0.05) is 12.1 Å². The summed E-state index contributed by atoms with van der Waals surface area (Å²) in [7, 11) is -0.578. The van der Waals surface area contributed by atoms with Crippen molar-refractivity contribution >= 4 is 19.1 Å². The molecule has 0 aliphatic carbocycles. The summed E-state index contributed by atoms with van der Waals surface area (Å²) in [6, 6.07) is 10.2. The maximum atomic E-state index is 13.2. The summed E-state index contributed by atoms with van der Waals surface area (Å²) < 4.78 is 43.9. The van der Waals surface area contributed by atoms with E-state index >= 15 is 0 Å². The predicted molar refractivity (Wildman–Crippen MR) is 134 cm³/mol. The van der Waals surface area contributed by atoms with E-state index in [0.717, 1.165) is 16.9 Å². The SMILES string of the molecule is CN(CC(F)(F)F)C(C)(C)C=C(C#N)C(=O)N1CCCC[C@@H]1COC(=O)N[C@@H](Cc1ccccc1)B(O)O. The van der Waals surface area contributed by atoms with Gasteiger partial charge in [0.25, 0.3) is 5.91 Å². The van der Waals surface area contributed by atoms with Gasteiger partial charge in [-0.1, -0.05) is 30.3 Å². The third-order valence-electron chi connectivity index (χ3n) is 6.51. The molecular weight excluding hydrogens is 504 g/mol. The van der Waals surface area contributed by atoms with Crippen LogP contribution < -0.4 is 5.32 Å². The summed E-state index contributed by atoms with van der Waals surface area (Å²) in [5.41, 5.74) is -0.766. The fourth-order valence-electron chi connectivity index (χ4n) is 4.14. The molecule has 208 valence electrons. The lowest BCUT2D eigenvalue weighted by atomic mass is 9.76. The number of likely N-dealkylation sites (tertiary alicyclic amines) is 1. The first-order valence-electron chi connectivity index (χ1n) is 12.3. The smallest absolute Gasteiger partial charge is 0.447 e. The molecule has 0 bridgehead atoms. The van der Waals surface area contributed by atoms with Crippen LogP contribution in [0.25, 0.3) is 0 Å². The van der Waals surface area contributed by atoms with Crippen molar-refractivity contribution in [2.24, 2.45) is 0 Å². The van der Waals surface area contributed by atoms with Crippen LogP contribution in [0, 0.1) is 11.3 Å². The van der Waals surface area contributed by atoms with E-state index in [-0.39, 0.29) is 25.1 Å². The van der Waals surface area contributed by atoms with Crippen LogP contribution in [0.5, 0.6) is 0 Å². The molecule has 13 heteroatoms. The van der Waals surface area contributed by atoms with E-state index in [1.807, 2.05) is 6.07 Å². The monoisotopic (exact) mass is 538 g/mol. The molecule has 1 saturated heterocycles. The molecule has 1 heterocycles. The molecule has 0 spiro atoms. The lowest BCUT2D eigenvalue weighted by Crippen LogP contribution is -2.50. The lowest BCUT2D eigenvalue weighted by molar-refractivity contribution is -0.150. The Morgan fingerprint density at radius 1 is 1.29 bits per heavy atom. The second kappa shape index (κ2) is 13.6. The van der Waals surface area contributed by atoms with Gasteiger partial charge < -0.3 is 25.0 Å². The second-order valence-corrected chi connectivity index (χ2v) is 9.90. The number of carbonyl (C=O) groups is 2. The number of hydrogen-bond donors (Lipinski definition) is 3. The number of piperidine rings is 1. The van der Waals surface area contributed by atoms with Crippen molar-refractivity contribution in [3.05, 3.63) is 47.5 Å². The molecule has 38 heavy (non-hydrogen) atoms. The van der Waals surface area contributed by atoms with Crippen LogP contribution in [0.15, 0.2) is 42.0 Å². The minimum atomic E-state index is -4.45. The Kier molecular flexibility index (Phi) is 11.2. The zero-order valence-corrected chi connectivity index (χ0v) is 21.7. The Morgan fingerprint density at radius 2 is 1.95 bits per heavy atom. The molecular formula is C25H34BF3N4O5. The fraction of sp³-hybridized carbons (Fsp3) is 0.560. The molecule has 0 aromatic heterocycles. The molecule has 1 aliphatic heterocycles. The van der Waals surface area contributed by atoms with Crippen molar-refractivity contribution in [1.29, 1.82) is 5.26 Å². The van der Waals surface area contributed by atoms with Crippen LogP contribution in [0.2, 0.25) is 0 Å². The molecule has 0 saturated carbocycles. The number of nitrogens with one attached hydrogen (secondary N) is 1. The summed E-state index contributed by atoms with van der Waals surface area (Å²) >= 11 is 0. The highest BCUT2D eigenvalue weighted by Gasteiger charge is 2.36. The lowest BCUT2D eigenvalue weighted by Gasteiger charge is -2.37. The van der Waals surface area contributed by atoms with Crippen LogP contribution in [0.3, 0.4) is 0 Å². The van der Waals surface area contributed by atoms with E-state index in [1.54, 1.807) is 30.3 Å². The summed E-state index contributed by atoms with van der Waals surface area (Å²) in [4.78, 5) is 28.0. The largest absolute Gasteiger partial charge is 0.475 e. The average Bonchev–Trinajstić information content (AvgIpc) is 2.85. The molecule has 2 rings (SSSR count). The zero-order valence-electron chi connectivity index (χ0n) is 21.7. The normalized spacial score (nSPS) is 17.5. The van der Waals surface area contributed by atoms with Crippen molar-refractivity contribution in [3.8, 4) is 6.07 Å². The molecule has 1 aromatic carbocycles. The molecule has 3 N–H and O–H groups in total. The van der Waals surface area contributed by atoms with E-state index in [1.165, 1.54) is 31.9 Å². The zero-order chi connectivity index (χ0) is 28.5. The van der Waals surface area contributed by atoms with Gasteiger partial charge in [0.2, 0.25) is 0 Å². The van der Waals surface area contributed by atoms with Gasteiger partial charge in [0.05, 0.1) is 18.5 Å². The highest BCUT2D eigenvalue weighted by atomic mass is 19.4. The van der Waals surface area contributed by atoms with E-state index in [9.17, 15) is 38.1 Å². The first-order chi connectivity index (χ1) is 17.7. The molecule has 9 nitrogen and oxygen atoms in total. The summed E-state index contributed by atoms with van der Waals surface area (Å²) in [6.45, 7) is 1.83. The Morgan fingerprint density at radius 3 is 2.53 bits per heavy atom. The maximum absolute atomic E-state index is 13.2. The van der Waals surface area contributed by atoms with Crippen molar-refractivity contribution in [2.45, 2.75) is 63.2 Å². The number of rotatable bonds is 10. The fourth-order valence-corrected chi connectivity index (χ4v) is 4.14. The van der Waals surface area contributed by atoms with Gasteiger partial charge in [-0.2, -0.15) is 18.4 Å². The van der Waals surface area contributed by atoms with E-state index < -0.39 is 49.4 Å². The molecule has 2 atom stereocenters. The van der Waals surface area contributed by atoms with Crippen molar-refractivity contribution in [1.82, 2.24) is 15.1 Å². The Hall–Kier alpha value is -3.08. The van der Waals surface area contributed by atoms with Gasteiger partial charge >= 0.3 is 19.4 Å². The number of hydrogen-bond acceptors (Lipinski definition) is 7. The minimum Gasteiger partial charge on any atom is -0.447 e.